The molecule has 0 radical (unpaired) electrons. The number of nitrogens with zero attached hydrogens (tertiary/aromatic N) is 4. The molecule has 88 valence electrons. The SMILES string of the molecule is O=C1CCN2N=C3c4ccccc4C=CN3C2=N1. The van der Waals surface area contributed by atoms with Crippen molar-refractivity contribution in [3.05, 3.63) is 41.6 Å². The Balaban J connectivity index is 1.88. The average Bonchev–Trinajstić information content (AvgIpc) is 2.77. The number of amides is 1. The third-order valence-electron chi connectivity index (χ3n) is 3.26. The fourth-order valence-electron chi connectivity index (χ4n) is 2.38. The Kier molecular flexibility index (Phi) is 1.75. The zero-order valence-electron chi connectivity index (χ0n) is 9.58. The molecule has 5 heteroatoms. The smallest absolute Gasteiger partial charge is 0.250 e. The molecule has 18 heavy (non-hydrogen) atoms. The number of hydrogen-bond acceptors (Lipinski definition) is 4. The molecule has 1 aromatic carbocycles. The van der Waals surface area contributed by atoms with E-state index in [4.69, 9.17) is 0 Å². The van der Waals surface area contributed by atoms with E-state index in [1.807, 2.05) is 35.4 Å². The van der Waals surface area contributed by atoms with Gasteiger partial charge < -0.3 is 0 Å². The van der Waals surface area contributed by atoms with Crippen molar-refractivity contribution in [2.75, 3.05) is 6.54 Å². The van der Waals surface area contributed by atoms with Gasteiger partial charge in [-0.3, -0.25) is 9.69 Å². The predicted octanol–water partition coefficient (Wildman–Crippen LogP) is 1.24. The summed E-state index contributed by atoms with van der Waals surface area (Å²) < 4.78 is 0. The molecule has 3 heterocycles. The summed E-state index contributed by atoms with van der Waals surface area (Å²) in [6.45, 7) is 0.605. The van der Waals surface area contributed by atoms with E-state index in [2.05, 4.69) is 16.2 Å². The van der Waals surface area contributed by atoms with Crippen LogP contribution in [0.1, 0.15) is 17.5 Å². The minimum absolute atomic E-state index is 0.0787. The highest BCUT2D eigenvalue weighted by atomic mass is 16.1. The topological polar surface area (TPSA) is 48.3 Å². The Morgan fingerprint density at radius 2 is 2.11 bits per heavy atom. The minimum atomic E-state index is -0.0787. The number of aliphatic imine (C=N–C) groups is 1. The summed E-state index contributed by atoms with van der Waals surface area (Å²) in [5.74, 6) is 1.39. The van der Waals surface area contributed by atoms with Crippen LogP contribution in [-0.4, -0.2) is 34.2 Å². The molecule has 0 atom stereocenters. The van der Waals surface area contributed by atoms with Crippen molar-refractivity contribution < 1.29 is 4.79 Å². The lowest BCUT2D eigenvalue weighted by molar-refractivity contribution is -0.118. The van der Waals surface area contributed by atoms with Gasteiger partial charge in [-0.15, -0.1) is 0 Å². The van der Waals surface area contributed by atoms with Crippen molar-refractivity contribution >= 4 is 23.8 Å². The second kappa shape index (κ2) is 3.29. The number of amidine groups is 1. The van der Waals surface area contributed by atoms with Gasteiger partial charge in [-0.05, 0) is 11.6 Å². The Hall–Kier alpha value is -2.43. The number of guanidine groups is 1. The predicted molar refractivity (Wildman–Crippen MR) is 67.6 cm³/mol. The summed E-state index contributed by atoms with van der Waals surface area (Å²) >= 11 is 0. The maximum absolute atomic E-state index is 11.4. The van der Waals surface area contributed by atoms with Gasteiger partial charge in [0.15, 0.2) is 5.84 Å². The molecular formula is C13H10N4O. The first-order valence-corrected chi connectivity index (χ1v) is 5.87. The summed E-state index contributed by atoms with van der Waals surface area (Å²) in [6.07, 6.45) is 4.36. The van der Waals surface area contributed by atoms with Crippen LogP contribution in [0, 0.1) is 0 Å². The van der Waals surface area contributed by atoms with E-state index in [0.717, 1.165) is 17.0 Å². The van der Waals surface area contributed by atoms with Crippen LogP contribution in [0.2, 0.25) is 0 Å². The van der Waals surface area contributed by atoms with Crippen LogP contribution in [0.5, 0.6) is 0 Å². The molecule has 0 aliphatic carbocycles. The largest absolute Gasteiger partial charge is 0.272 e. The molecule has 0 bridgehead atoms. The lowest BCUT2D eigenvalue weighted by atomic mass is 10.0. The van der Waals surface area contributed by atoms with E-state index < -0.39 is 0 Å². The molecule has 1 aromatic rings. The van der Waals surface area contributed by atoms with Crippen LogP contribution in [0.25, 0.3) is 6.08 Å². The summed E-state index contributed by atoms with van der Waals surface area (Å²) in [4.78, 5) is 17.3. The highest BCUT2D eigenvalue weighted by Crippen LogP contribution is 2.27. The highest BCUT2D eigenvalue weighted by molar-refractivity contribution is 6.17. The Labute approximate surface area is 104 Å². The van der Waals surface area contributed by atoms with Gasteiger partial charge in [-0.25, -0.2) is 5.01 Å². The quantitative estimate of drug-likeness (QED) is 0.683. The number of hydrazone groups is 1. The van der Waals surface area contributed by atoms with Crippen molar-refractivity contribution in [2.45, 2.75) is 6.42 Å². The van der Waals surface area contributed by atoms with E-state index in [0.29, 0.717) is 18.9 Å². The number of carbonyl (C=O) groups is 1. The zero-order chi connectivity index (χ0) is 12.1. The number of fused-ring (bicyclic) bond motifs is 5. The normalized spacial score (nSPS) is 20.1. The Morgan fingerprint density at radius 1 is 1.22 bits per heavy atom. The molecule has 0 fully saturated rings. The summed E-state index contributed by atoms with van der Waals surface area (Å²) in [7, 11) is 0. The monoisotopic (exact) mass is 238 g/mol. The van der Waals surface area contributed by atoms with Crippen LogP contribution < -0.4 is 0 Å². The molecule has 0 unspecified atom stereocenters. The Morgan fingerprint density at radius 3 is 3.06 bits per heavy atom. The molecule has 5 nitrogen and oxygen atoms in total. The van der Waals surface area contributed by atoms with E-state index in [1.165, 1.54) is 0 Å². The van der Waals surface area contributed by atoms with Gasteiger partial charge in [-0.1, -0.05) is 24.3 Å². The van der Waals surface area contributed by atoms with Crippen molar-refractivity contribution in [1.29, 1.82) is 0 Å². The second-order valence-electron chi connectivity index (χ2n) is 4.38. The molecule has 3 aliphatic rings. The molecule has 0 N–H and O–H groups in total. The van der Waals surface area contributed by atoms with E-state index in [-0.39, 0.29) is 5.91 Å². The molecule has 0 aromatic heterocycles. The standard InChI is InChI=1S/C13H10N4O/c18-11-6-8-17-13(14-11)16-7-5-9-3-1-2-4-10(9)12(16)15-17/h1-5,7H,6,8H2. The fraction of sp³-hybridized carbons (Fsp3) is 0.154. The van der Waals surface area contributed by atoms with Gasteiger partial charge >= 0.3 is 0 Å². The molecule has 1 amide bonds. The summed E-state index contributed by atoms with van der Waals surface area (Å²) in [5.41, 5.74) is 2.21. The first-order valence-electron chi connectivity index (χ1n) is 5.87. The lowest BCUT2D eigenvalue weighted by Crippen LogP contribution is -2.39. The summed E-state index contributed by atoms with van der Waals surface area (Å²) in [6, 6.07) is 8.08. The molecular weight excluding hydrogens is 228 g/mol. The third kappa shape index (κ3) is 1.18. The maximum Gasteiger partial charge on any atom is 0.250 e. The molecule has 4 rings (SSSR count). The van der Waals surface area contributed by atoms with E-state index >= 15 is 0 Å². The van der Waals surface area contributed by atoms with E-state index in [1.54, 1.807) is 5.01 Å². The van der Waals surface area contributed by atoms with Gasteiger partial charge in [-0.2, -0.15) is 10.1 Å². The van der Waals surface area contributed by atoms with Crippen LogP contribution >= 0.6 is 0 Å². The summed E-state index contributed by atoms with van der Waals surface area (Å²) in [5, 5.41) is 6.34. The number of hydrogen-bond donors (Lipinski definition) is 0. The van der Waals surface area contributed by atoms with Gasteiger partial charge in [0.2, 0.25) is 5.96 Å². The number of carbonyl (C=O) groups excluding carboxylic acids is 1. The van der Waals surface area contributed by atoms with E-state index in [9.17, 15) is 4.79 Å². The lowest BCUT2D eigenvalue weighted by Gasteiger charge is -2.24. The maximum atomic E-state index is 11.4. The number of rotatable bonds is 0. The first kappa shape index (κ1) is 9.58. The van der Waals surface area contributed by atoms with Crippen LogP contribution in [-0.2, 0) is 4.79 Å². The highest BCUT2D eigenvalue weighted by Gasteiger charge is 2.35. The van der Waals surface area contributed by atoms with Gasteiger partial charge in [0.05, 0.1) is 6.54 Å². The molecule has 0 saturated heterocycles. The van der Waals surface area contributed by atoms with Crippen molar-refractivity contribution in [3.8, 4) is 0 Å². The molecule has 0 saturated carbocycles. The van der Waals surface area contributed by atoms with Crippen molar-refractivity contribution in [1.82, 2.24) is 9.91 Å². The average molecular weight is 238 g/mol. The van der Waals surface area contributed by atoms with Gasteiger partial charge in [0.25, 0.3) is 5.91 Å². The Bertz CT molecular complexity index is 644. The number of benzene rings is 1. The van der Waals surface area contributed by atoms with Crippen molar-refractivity contribution in [2.24, 2.45) is 10.1 Å². The first-order chi connectivity index (χ1) is 8.83. The fourth-order valence-corrected chi connectivity index (χ4v) is 2.38. The van der Waals surface area contributed by atoms with Crippen molar-refractivity contribution in [3.63, 3.8) is 0 Å². The third-order valence-corrected chi connectivity index (χ3v) is 3.26. The van der Waals surface area contributed by atoms with Crippen LogP contribution in [0.4, 0.5) is 0 Å². The van der Waals surface area contributed by atoms with Crippen LogP contribution in [0.3, 0.4) is 0 Å². The molecule has 0 spiro atoms. The zero-order valence-corrected chi connectivity index (χ0v) is 9.58. The van der Waals surface area contributed by atoms with Crippen LogP contribution in [0.15, 0.2) is 40.6 Å². The second-order valence-corrected chi connectivity index (χ2v) is 4.38. The minimum Gasteiger partial charge on any atom is -0.272 e. The van der Waals surface area contributed by atoms with Gasteiger partial charge in [0.1, 0.15) is 0 Å². The van der Waals surface area contributed by atoms with Gasteiger partial charge in [0, 0.05) is 18.2 Å². The molecule has 3 aliphatic heterocycles.